The molecule has 1 heterocycles. The second-order valence-electron chi connectivity index (χ2n) is 6.62. The van der Waals surface area contributed by atoms with Crippen LogP contribution < -0.4 is 4.74 Å². The van der Waals surface area contributed by atoms with E-state index >= 15 is 0 Å². The summed E-state index contributed by atoms with van der Waals surface area (Å²) in [5.41, 5.74) is 3.45. The number of halogens is 4. The van der Waals surface area contributed by atoms with Crippen LogP contribution in [-0.4, -0.2) is 9.97 Å². The van der Waals surface area contributed by atoms with Crippen LogP contribution in [0.4, 0.5) is 0 Å². The summed E-state index contributed by atoms with van der Waals surface area (Å²) < 4.78 is 7.45. The largest absolute Gasteiger partial charge is 0.486 e. The summed E-state index contributed by atoms with van der Waals surface area (Å²) in [4.78, 5) is 8.24. The van der Waals surface area contributed by atoms with E-state index in [9.17, 15) is 5.26 Å². The van der Waals surface area contributed by atoms with Crippen LogP contribution in [0.15, 0.2) is 73.6 Å². The van der Waals surface area contributed by atoms with Gasteiger partial charge < -0.3 is 9.72 Å². The van der Waals surface area contributed by atoms with E-state index in [2.05, 4.69) is 47.9 Å². The first-order valence-electron chi connectivity index (χ1n) is 9.23. The highest BCUT2D eigenvalue weighted by Gasteiger charge is 2.12. The van der Waals surface area contributed by atoms with Gasteiger partial charge in [0.1, 0.15) is 18.4 Å². The van der Waals surface area contributed by atoms with Gasteiger partial charge in [0, 0.05) is 15.6 Å². The van der Waals surface area contributed by atoms with Crippen molar-refractivity contribution in [3.8, 4) is 11.8 Å². The summed E-state index contributed by atoms with van der Waals surface area (Å²) in [7, 11) is 0. The number of aromatic nitrogens is 2. The van der Waals surface area contributed by atoms with Gasteiger partial charge in [0.15, 0.2) is 5.16 Å². The molecule has 0 fully saturated rings. The fourth-order valence-corrected chi connectivity index (χ4v) is 5.57. The van der Waals surface area contributed by atoms with Crippen LogP contribution in [0.25, 0.3) is 17.1 Å². The Kier molecular flexibility index (Phi) is 7.49. The van der Waals surface area contributed by atoms with Crippen molar-refractivity contribution in [1.29, 1.82) is 5.26 Å². The zero-order valence-electron chi connectivity index (χ0n) is 16.2. The number of aromatic amines is 1. The summed E-state index contributed by atoms with van der Waals surface area (Å²) in [5, 5.41) is 11.4. The molecular formula is C23H13Br2Cl2N3OS. The second kappa shape index (κ2) is 10.3. The molecule has 0 aliphatic rings. The molecule has 0 saturated carbocycles. The van der Waals surface area contributed by atoms with Crippen LogP contribution in [0.1, 0.15) is 11.1 Å². The van der Waals surface area contributed by atoms with Crippen molar-refractivity contribution in [3.05, 3.63) is 89.6 Å². The molecule has 9 heteroatoms. The summed E-state index contributed by atoms with van der Waals surface area (Å²) in [6, 6.07) is 19.0. The normalized spacial score (nSPS) is 11.5. The van der Waals surface area contributed by atoms with E-state index in [4.69, 9.17) is 27.9 Å². The van der Waals surface area contributed by atoms with Crippen molar-refractivity contribution in [2.75, 3.05) is 0 Å². The highest BCUT2D eigenvalue weighted by atomic mass is 79.9. The minimum Gasteiger partial charge on any atom is -0.486 e. The number of benzene rings is 3. The van der Waals surface area contributed by atoms with E-state index in [0.717, 1.165) is 31.1 Å². The SMILES string of the molecule is N#C/C(=C\c1cc(Br)c(OCc2ccc(Cl)cc2Cl)c(Br)c1)Sc1nc2ccccc2[nH]1. The maximum absolute atomic E-state index is 9.62. The highest BCUT2D eigenvalue weighted by Crippen LogP contribution is 2.37. The number of nitriles is 1. The van der Waals surface area contributed by atoms with Gasteiger partial charge in [0.2, 0.25) is 0 Å². The van der Waals surface area contributed by atoms with Crippen molar-refractivity contribution in [2.24, 2.45) is 0 Å². The Bertz CT molecular complexity index is 1330. The van der Waals surface area contributed by atoms with Gasteiger partial charge in [-0.2, -0.15) is 5.26 Å². The number of hydrogen-bond acceptors (Lipinski definition) is 4. The minimum absolute atomic E-state index is 0.285. The number of allylic oxidation sites excluding steroid dienone is 1. The molecule has 1 aromatic heterocycles. The van der Waals surface area contributed by atoms with Gasteiger partial charge in [0.25, 0.3) is 0 Å². The van der Waals surface area contributed by atoms with E-state index in [0.29, 0.717) is 25.9 Å². The lowest BCUT2D eigenvalue weighted by Crippen LogP contribution is -1.98. The number of rotatable bonds is 6. The Morgan fingerprint density at radius 3 is 2.56 bits per heavy atom. The molecule has 32 heavy (non-hydrogen) atoms. The number of thioether (sulfide) groups is 1. The zero-order valence-corrected chi connectivity index (χ0v) is 21.7. The van der Waals surface area contributed by atoms with E-state index in [1.54, 1.807) is 18.2 Å². The van der Waals surface area contributed by atoms with Crippen LogP contribution in [0, 0.1) is 11.3 Å². The maximum atomic E-state index is 9.62. The number of fused-ring (bicyclic) bond motifs is 1. The molecule has 0 unspecified atom stereocenters. The van der Waals surface area contributed by atoms with Gasteiger partial charge in [-0.3, -0.25) is 0 Å². The molecule has 0 amide bonds. The van der Waals surface area contributed by atoms with Gasteiger partial charge >= 0.3 is 0 Å². The number of imidazole rings is 1. The average molecular weight is 610 g/mol. The Hall–Kier alpha value is -1.95. The maximum Gasteiger partial charge on any atom is 0.171 e. The lowest BCUT2D eigenvalue weighted by molar-refractivity contribution is 0.302. The number of ether oxygens (including phenoxy) is 1. The lowest BCUT2D eigenvalue weighted by atomic mass is 10.2. The molecule has 0 spiro atoms. The van der Waals surface area contributed by atoms with Crippen molar-refractivity contribution in [2.45, 2.75) is 11.8 Å². The van der Waals surface area contributed by atoms with E-state index < -0.39 is 0 Å². The average Bonchev–Trinajstić information content (AvgIpc) is 3.16. The molecule has 0 radical (unpaired) electrons. The van der Waals surface area contributed by atoms with Gasteiger partial charge in [-0.1, -0.05) is 41.4 Å². The van der Waals surface area contributed by atoms with Crippen molar-refractivity contribution >= 4 is 83.9 Å². The molecule has 3 aromatic carbocycles. The Labute approximate surface area is 215 Å². The summed E-state index contributed by atoms with van der Waals surface area (Å²) in [6.45, 7) is 0.285. The molecule has 4 aromatic rings. The Morgan fingerprint density at radius 1 is 1.12 bits per heavy atom. The lowest BCUT2D eigenvalue weighted by Gasteiger charge is -2.12. The molecule has 160 valence electrons. The van der Waals surface area contributed by atoms with E-state index in [-0.39, 0.29) is 6.61 Å². The monoisotopic (exact) mass is 607 g/mol. The van der Waals surface area contributed by atoms with Gasteiger partial charge in [0.05, 0.1) is 24.9 Å². The molecule has 1 N–H and O–H groups in total. The molecule has 0 saturated heterocycles. The van der Waals surface area contributed by atoms with Crippen LogP contribution >= 0.6 is 66.8 Å². The molecule has 4 rings (SSSR count). The number of para-hydroxylation sites is 2. The molecule has 0 bridgehead atoms. The van der Waals surface area contributed by atoms with Crippen molar-refractivity contribution < 1.29 is 4.74 Å². The molecule has 0 aliphatic carbocycles. The van der Waals surface area contributed by atoms with E-state index in [1.165, 1.54) is 11.8 Å². The third-order valence-electron chi connectivity index (χ3n) is 4.39. The first-order valence-corrected chi connectivity index (χ1v) is 12.4. The van der Waals surface area contributed by atoms with Crippen molar-refractivity contribution in [3.63, 3.8) is 0 Å². The van der Waals surface area contributed by atoms with Crippen LogP contribution in [0.3, 0.4) is 0 Å². The summed E-state index contributed by atoms with van der Waals surface area (Å²) in [6.07, 6.45) is 1.80. The molecule has 0 aliphatic heterocycles. The summed E-state index contributed by atoms with van der Waals surface area (Å²) in [5.74, 6) is 0.636. The summed E-state index contributed by atoms with van der Waals surface area (Å²) >= 11 is 20.6. The number of nitrogens with zero attached hydrogens (tertiary/aromatic N) is 2. The van der Waals surface area contributed by atoms with E-state index in [1.807, 2.05) is 42.5 Å². The van der Waals surface area contributed by atoms with Crippen LogP contribution in [0.5, 0.6) is 5.75 Å². The molecule has 0 atom stereocenters. The van der Waals surface area contributed by atoms with Gasteiger partial charge in [-0.25, -0.2) is 4.98 Å². The predicted octanol–water partition coefficient (Wildman–Crippen LogP) is 8.63. The number of hydrogen-bond donors (Lipinski definition) is 1. The van der Waals surface area contributed by atoms with Crippen LogP contribution in [-0.2, 0) is 6.61 Å². The number of H-pyrrole nitrogens is 1. The third-order valence-corrected chi connectivity index (χ3v) is 6.97. The smallest absolute Gasteiger partial charge is 0.171 e. The second-order valence-corrected chi connectivity index (χ2v) is 10.2. The Morgan fingerprint density at radius 2 is 1.88 bits per heavy atom. The van der Waals surface area contributed by atoms with Crippen molar-refractivity contribution in [1.82, 2.24) is 9.97 Å². The topological polar surface area (TPSA) is 61.7 Å². The highest BCUT2D eigenvalue weighted by molar-refractivity contribution is 9.11. The standard InChI is InChI=1S/C23H13Br2Cl2N3OS/c24-17-8-13(7-16(11-28)32-23-29-20-3-1-2-4-21(20)30-23)9-18(25)22(17)31-12-14-5-6-15(26)10-19(14)27/h1-10H,12H2,(H,29,30)/b16-7+. The fourth-order valence-electron chi connectivity index (χ4n) is 2.91. The minimum atomic E-state index is 0.285. The first kappa shape index (κ1) is 23.2. The number of nitrogens with one attached hydrogen (secondary N) is 1. The third kappa shape index (κ3) is 5.51. The first-order chi connectivity index (χ1) is 15.4. The van der Waals surface area contributed by atoms with Gasteiger partial charge in [-0.15, -0.1) is 0 Å². The molecular weight excluding hydrogens is 597 g/mol. The quantitative estimate of drug-likeness (QED) is 0.176. The fraction of sp³-hybridized carbons (Fsp3) is 0.0435. The van der Waals surface area contributed by atoms with Gasteiger partial charge in [-0.05, 0) is 91.7 Å². The van der Waals surface area contributed by atoms with Crippen LogP contribution in [0.2, 0.25) is 10.0 Å². The molecule has 4 nitrogen and oxygen atoms in total. The zero-order chi connectivity index (χ0) is 22.7. The predicted molar refractivity (Wildman–Crippen MR) is 138 cm³/mol. The Balaban J connectivity index is 1.53.